The highest BCUT2D eigenvalue weighted by Crippen LogP contribution is 2.36. The minimum Gasteiger partial charge on any atom is -0.334 e. The van der Waals surface area contributed by atoms with Gasteiger partial charge in [0.15, 0.2) is 5.82 Å². The third-order valence-electron chi connectivity index (χ3n) is 3.94. The van der Waals surface area contributed by atoms with Crippen molar-refractivity contribution in [2.24, 2.45) is 11.7 Å². The number of rotatable bonds is 2. The Balaban J connectivity index is 1.90. The molecule has 0 aliphatic heterocycles. The SMILES string of the molecule is CC1CCCC(N)(c2noc(-c3ccc(=O)[nH]c3)n2)C1. The lowest BCUT2D eigenvalue weighted by Gasteiger charge is -2.33. The lowest BCUT2D eigenvalue weighted by atomic mass is 9.76. The van der Waals surface area contributed by atoms with Gasteiger partial charge < -0.3 is 15.2 Å². The molecular weight excluding hydrogens is 256 g/mol. The molecule has 3 rings (SSSR count). The van der Waals surface area contributed by atoms with Gasteiger partial charge in [0.05, 0.1) is 11.1 Å². The lowest BCUT2D eigenvalue weighted by Crippen LogP contribution is -2.42. The maximum Gasteiger partial charge on any atom is 0.259 e. The summed E-state index contributed by atoms with van der Waals surface area (Å²) in [6.07, 6.45) is 5.59. The highest BCUT2D eigenvalue weighted by atomic mass is 16.5. The molecule has 2 unspecified atom stereocenters. The molecule has 106 valence electrons. The molecule has 3 N–H and O–H groups in total. The van der Waals surface area contributed by atoms with Crippen molar-refractivity contribution in [1.29, 1.82) is 0 Å². The molecule has 2 heterocycles. The van der Waals surface area contributed by atoms with Gasteiger partial charge in [-0.2, -0.15) is 4.98 Å². The summed E-state index contributed by atoms with van der Waals surface area (Å²) in [4.78, 5) is 18.1. The zero-order valence-corrected chi connectivity index (χ0v) is 11.4. The molecule has 6 heteroatoms. The summed E-state index contributed by atoms with van der Waals surface area (Å²) in [7, 11) is 0. The zero-order valence-electron chi connectivity index (χ0n) is 11.4. The number of pyridine rings is 1. The van der Waals surface area contributed by atoms with Gasteiger partial charge in [-0.3, -0.25) is 4.79 Å². The van der Waals surface area contributed by atoms with E-state index in [-0.39, 0.29) is 5.56 Å². The Morgan fingerprint density at radius 1 is 1.50 bits per heavy atom. The van der Waals surface area contributed by atoms with E-state index in [1.165, 1.54) is 12.5 Å². The molecule has 1 aliphatic rings. The number of nitrogens with zero attached hydrogens (tertiary/aromatic N) is 2. The van der Waals surface area contributed by atoms with Gasteiger partial charge in [-0.15, -0.1) is 0 Å². The van der Waals surface area contributed by atoms with Crippen LogP contribution in [0.15, 0.2) is 27.6 Å². The van der Waals surface area contributed by atoms with E-state index in [0.29, 0.717) is 23.2 Å². The summed E-state index contributed by atoms with van der Waals surface area (Å²) in [5.41, 5.74) is 6.47. The van der Waals surface area contributed by atoms with Crippen LogP contribution in [0.1, 0.15) is 38.4 Å². The average molecular weight is 274 g/mol. The Labute approximate surface area is 116 Å². The zero-order chi connectivity index (χ0) is 14.2. The van der Waals surface area contributed by atoms with Crippen molar-refractivity contribution in [2.75, 3.05) is 0 Å². The van der Waals surface area contributed by atoms with Gasteiger partial charge >= 0.3 is 0 Å². The van der Waals surface area contributed by atoms with E-state index in [4.69, 9.17) is 10.3 Å². The van der Waals surface area contributed by atoms with Crippen LogP contribution in [-0.2, 0) is 5.54 Å². The van der Waals surface area contributed by atoms with Gasteiger partial charge in [0.1, 0.15) is 0 Å². The number of aromatic nitrogens is 3. The van der Waals surface area contributed by atoms with Crippen LogP contribution in [0.2, 0.25) is 0 Å². The van der Waals surface area contributed by atoms with Crippen molar-refractivity contribution < 1.29 is 4.52 Å². The van der Waals surface area contributed by atoms with Crippen LogP contribution < -0.4 is 11.3 Å². The molecule has 0 amide bonds. The van der Waals surface area contributed by atoms with Crippen molar-refractivity contribution in [3.63, 3.8) is 0 Å². The Morgan fingerprint density at radius 2 is 2.35 bits per heavy atom. The Bertz CT molecular complexity index is 643. The first-order valence-electron chi connectivity index (χ1n) is 6.89. The minimum atomic E-state index is -0.498. The maximum atomic E-state index is 11.1. The molecule has 1 saturated carbocycles. The summed E-state index contributed by atoms with van der Waals surface area (Å²) in [6, 6.07) is 3.09. The van der Waals surface area contributed by atoms with E-state index in [1.807, 2.05) is 0 Å². The first-order chi connectivity index (χ1) is 9.57. The summed E-state index contributed by atoms with van der Waals surface area (Å²) >= 11 is 0. The lowest BCUT2D eigenvalue weighted by molar-refractivity contribution is 0.222. The second-order valence-corrected chi connectivity index (χ2v) is 5.72. The molecule has 0 saturated heterocycles. The maximum absolute atomic E-state index is 11.1. The molecule has 0 aromatic carbocycles. The largest absolute Gasteiger partial charge is 0.334 e. The number of hydrogen-bond donors (Lipinski definition) is 2. The first-order valence-corrected chi connectivity index (χ1v) is 6.89. The van der Waals surface area contributed by atoms with E-state index >= 15 is 0 Å². The van der Waals surface area contributed by atoms with Gasteiger partial charge in [0, 0.05) is 12.3 Å². The Morgan fingerprint density at radius 3 is 3.05 bits per heavy atom. The molecule has 6 nitrogen and oxygen atoms in total. The molecule has 20 heavy (non-hydrogen) atoms. The van der Waals surface area contributed by atoms with Crippen molar-refractivity contribution >= 4 is 0 Å². The van der Waals surface area contributed by atoms with Crippen LogP contribution >= 0.6 is 0 Å². The second kappa shape index (κ2) is 4.86. The van der Waals surface area contributed by atoms with Crippen LogP contribution in [0.25, 0.3) is 11.5 Å². The standard InChI is InChI=1S/C14H18N4O2/c1-9-3-2-6-14(15,7-9)13-17-12(20-18-13)10-4-5-11(19)16-8-10/h4-5,8-9H,2-3,6-7,15H2,1H3,(H,16,19). The highest BCUT2D eigenvalue weighted by molar-refractivity contribution is 5.50. The molecule has 1 aliphatic carbocycles. The molecule has 0 bridgehead atoms. The number of H-pyrrole nitrogens is 1. The normalized spacial score (nSPS) is 26.6. The van der Waals surface area contributed by atoms with Crippen molar-refractivity contribution in [3.05, 3.63) is 34.5 Å². The summed E-state index contributed by atoms with van der Waals surface area (Å²) < 4.78 is 5.28. The molecule has 2 aromatic rings. The molecule has 0 spiro atoms. The van der Waals surface area contributed by atoms with E-state index in [0.717, 1.165) is 19.3 Å². The van der Waals surface area contributed by atoms with Crippen molar-refractivity contribution in [2.45, 2.75) is 38.1 Å². The number of hydrogen-bond acceptors (Lipinski definition) is 5. The smallest absolute Gasteiger partial charge is 0.259 e. The molecular formula is C14H18N4O2. The third-order valence-corrected chi connectivity index (χ3v) is 3.94. The quantitative estimate of drug-likeness (QED) is 0.870. The molecule has 1 fully saturated rings. The monoisotopic (exact) mass is 274 g/mol. The summed E-state index contributed by atoms with van der Waals surface area (Å²) in [5.74, 6) is 1.52. The van der Waals surface area contributed by atoms with Crippen LogP contribution in [0.4, 0.5) is 0 Å². The first kappa shape index (κ1) is 13.1. The van der Waals surface area contributed by atoms with E-state index in [1.54, 1.807) is 12.3 Å². The average Bonchev–Trinajstić information content (AvgIpc) is 2.90. The highest BCUT2D eigenvalue weighted by Gasteiger charge is 2.37. The van der Waals surface area contributed by atoms with Crippen LogP contribution in [0, 0.1) is 5.92 Å². The topological polar surface area (TPSA) is 97.8 Å². The van der Waals surface area contributed by atoms with Crippen molar-refractivity contribution in [1.82, 2.24) is 15.1 Å². The van der Waals surface area contributed by atoms with E-state index in [2.05, 4.69) is 22.0 Å². The summed E-state index contributed by atoms with van der Waals surface area (Å²) in [5, 5.41) is 4.04. The predicted molar refractivity (Wildman–Crippen MR) is 73.9 cm³/mol. The number of aromatic amines is 1. The fourth-order valence-corrected chi connectivity index (χ4v) is 2.88. The number of nitrogens with two attached hydrogens (primary N) is 1. The van der Waals surface area contributed by atoms with E-state index in [9.17, 15) is 4.79 Å². The molecule has 2 atom stereocenters. The van der Waals surface area contributed by atoms with Crippen molar-refractivity contribution in [3.8, 4) is 11.5 Å². The van der Waals surface area contributed by atoms with Crippen LogP contribution in [-0.4, -0.2) is 15.1 Å². The fraction of sp³-hybridized carbons (Fsp3) is 0.500. The second-order valence-electron chi connectivity index (χ2n) is 5.72. The molecule has 2 aromatic heterocycles. The van der Waals surface area contributed by atoms with E-state index < -0.39 is 5.54 Å². The number of nitrogens with one attached hydrogen (secondary N) is 1. The summed E-state index contributed by atoms with van der Waals surface area (Å²) in [6.45, 7) is 2.20. The van der Waals surface area contributed by atoms with Gasteiger partial charge in [0.25, 0.3) is 5.89 Å². The van der Waals surface area contributed by atoms with Gasteiger partial charge in [0.2, 0.25) is 5.56 Å². The van der Waals surface area contributed by atoms with Gasteiger partial charge in [-0.05, 0) is 24.8 Å². The van der Waals surface area contributed by atoms with Gasteiger partial charge in [-0.1, -0.05) is 24.9 Å². The minimum absolute atomic E-state index is 0.162. The Hall–Kier alpha value is -1.95. The fourth-order valence-electron chi connectivity index (χ4n) is 2.88. The Kier molecular flexibility index (Phi) is 3.17. The third kappa shape index (κ3) is 2.38. The van der Waals surface area contributed by atoms with Crippen LogP contribution in [0.5, 0.6) is 0 Å². The van der Waals surface area contributed by atoms with Crippen LogP contribution in [0.3, 0.4) is 0 Å². The van der Waals surface area contributed by atoms with Gasteiger partial charge in [-0.25, -0.2) is 0 Å². The predicted octanol–water partition coefficient (Wildman–Crippen LogP) is 1.79. The molecule has 0 radical (unpaired) electrons.